The van der Waals surface area contributed by atoms with Gasteiger partial charge in [-0.25, -0.2) is 4.98 Å². The summed E-state index contributed by atoms with van der Waals surface area (Å²) in [5.41, 5.74) is 4.32. The summed E-state index contributed by atoms with van der Waals surface area (Å²) in [7, 11) is 2.69. The number of aryl methyl sites for hydroxylation is 1. The second kappa shape index (κ2) is 57.4. The maximum atomic E-state index is 11.0. The first-order valence-electron chi connectivity index (χ1n) is 29.6. The van der Waals surface area contributed by atoms with Crippen LogP contribution in [0.25, 0.3) is 11.1 Å². The lowest BCUT2D eigenvalue weighted by Gasteiger charge is -2.14. The number of halogens is 2. The Labute approximate surface area is 608 Å². The fraction of sp³-hybridized carbons (Fsp3) is 0.192. The SMILES string of the molecule is COc1cc(C=O)cc(-c2cc(C=O)cc(OC)c2O)c1O.Cc1cc(C=O)c(O)c(C=O)c1.ClCCOCCOCCOCCCl.O=CCCCC=O.O=Cc1ccc(C=O)s1.O=Cc1ccc(O)c(C=O)c1.O=Cc1cccc(C=O)n1.O=Cc1ccccc1C=O.O=Cc1ccsc1C=O. The van der Waals surface area contributed by atoms with Crippen molar-refractivity contribution in [2.45, 2.75) is 26.2 Å². The molecule has 8 aromatic rings. The molecule has 8 rings (SSSR count). The molecule has 0 aliphatic rings. The van der Waals surface area contributed by atoms with Crippen molar-refractivity contribution in [3.8, 4) is 45.6 Å². The summed E-state index contributed by atoms with van der Waals surface area (Å²) in [6, 6.07) is 28.9. The molecular weight excluding hydrogens is 1430 g/mol. The van der Waals surface area contributed by atoms with Crippen molar-refractivity contribution in [1.29, 1.82) is 0 Å². The third kappa shape index (κ3) is 36.5. The van der Waals surface area contributed by atoms with E-state index in [9.17, 15) is 92.0 Å². The quantitative estimate of drug-likeness (QED) is 0.0178. The van der Waals surface area contributed by atoms with E-state index in [2.05, 4.69) is 4.98 Å². The first kappa shape index (κ1) is 91.6. The summed E-state index contributed by atoms with van der Waals surface area (Å²) in [4.78, 5) is 169. The molecule has 0 spiro atoms. The van der Waals surface area contributed by atoms with Crippen LogP contribution in [0.15, 0.2) is 121 Å². The smallest absolute Gasteiger partial charge is 0.168 e. The third-order valence-electron chi connectivity index (χ3n) is 12.0. The first-order valence-corrected chi connectivity index (χ1v) is 32.4. The van der Waals surface area contributed by atoms with Gasteiger partial charge in [-0.05, 0) is 109 Å². The molecule has 3 heterocycles. The highest BCUT2D eigenvalue weighted by atomic mass is 35.5. The predicted octanol–water partition coefficient (Wildman–Crippen LogP) is 11.6. The number of carbonyl (C=O) groups excluding carboxylic acids is 16. The number of thiophene rings is 2. The molecule has 0 atom stereocenters. The Morgan fingerprint density at radius 2 is 0.825 bits per heavy atom. The van der Waals surface area contributed by atoms with Gasteiger partial charge < -0.3 is 53.7 Å². The van der Waals surface area contributed by atoms with Crippen LogP contribution in [-0.4, -0.2) is 192 Å². The summed E-state index contributed by atoms with van der Waals surface area (Å²) in [6.45, 7) is 5.24. The van der Waals surface area contributed by atoms with Gasteiger partial charge in [0.15, 0.2) is 92.1 Å². The number of hydrogen-bond acceptors (Lipinski definition) is 28. The Kier molecular flexibility index (Phi) is 51.1. The zero-order valence-corrected chi connectivity index (χ0v) is 58.6. The van der Waals surface area contributed by atoms with Crippen molar-refractivity contribution in [2.75, 3.05) is 65.6 Å². The number of aldehydes is 16. The van der Waals surface area contributed by atoms with Crippen LogP contribution in [0.2, 0.25) is 0 Å². The highest BCUT2D eigenvalue weighted by Crippen LogP contribution is 2.45. The number of nitrogens with zero attached hydrogens (tertiary/aromatic N) is 1. The highest BCUT2D eigenvalue weighted by Gasteiger charge is 2.19. The maximum Gasteiger partial charge on any atom is 0.168 e. The number of aromatic nitrogens is 1. The fourth-order valence-electron chi connectivity index (χ4n) is 7.15. The van der Waals surface area contributed by atoms with Crippen LogP contribution >= 0.6 is 45.9 Å². The van der Waals surface area contributed by atoms with E-state index in [1.54, 1.807) is 73.0 Å². The third-order valence-corrected chi connectivity index (χ3v) is 14.1. The molecule has 103 heavy (non-hydrogen) atoms. The van der Waals surface area contributed by atoms with Gasteiger partial charge in [0.05, 0.1) is 85.2 Å². The Balaban J connectivity index is 0.00000116. The van der Waals surface area contributed by atoms with Crippen LogP contribution < -0.4 is 9.47 Å². The molecule has 0 saturated heterocycles. The number of aromatic hydroxyl groups is 4. The van der Waals surface area contributed by atoms with Gasteiger partial charge in [0.1, 0.15) is 54.3 Å². The van der Waals surface area contributed by atoms with Gasteiger partial charge in [-0.3, -0.25) is 67.1 Å². The van der Waals surface area contributed by atoms with E-state index in [-0.39, 0.29) is 84.8 Å². The lowest BCUT2D eigenvalue weighted by atomic mass is 9.98. The number of rotatable bonds is 31. The van der Waals surface area contributed by atoms with Gasteiger partial charge in [0.25, 0.3) is 0 Å². The molecule has 3 aromatic heterocycles. The van der Waals surface area contributed by atoms with E-state index in [1.807, 2.05) is 0 Å². The zero-order valence-electron chi connectivity index (χ0n) is 55.4. The topological polar surface area (TPSA) is 413 Å². The van der Waals surface area contributed by atoms with E-state index in [4.69, 9.17) is 52.0 Å². The number of benzene rings is 5. The van der Waals surface area contributed by atoms with Crippen LogP contribution in [0.1, 0.15) is 168 Å². The number of phenols is 4. The number of alkyl halides is 2. The van der Waals surface area contributed by atoms with E-state index in [0.29, 0.717) is 183 Å². The van der Waals surface area contributed by atoms with Crippen molar-refractivity contribution in [3.63, 3.8) is 0 Å². The van der Waals surface area contributed by atoms with Gasteiger partial charge in [-0.1, -0.05) is 30.3 Å². The van der Waals surface area contributed by atoms with E-state index in [0.717, 1.165) is 30.7 Å². The highest BCUT2D eigenvalue weighted by molar-refractivity contribution is 7.15. The average Bonchev–Trinajstić information content (AvgIpc) is 1.00. The number of phenolic OH excluding ortho intramolecular Hbond substituents is 4. The Hall–Kier alpha value is -11.4. The molecule has 0 bridgehead atoms. The lowest BCUT2D eigenvalue weighted by molar-refractivity contribution is -0.109. The Morgan fingerprint density at radius 3 is 1.17 bits per heavy atom. The molecule has 0 aliphatic carbocycles. The molecule has 0 amide bonds. The molecule has 0 aliphatic heterocycles. The van der Waals surface area contributed by atoms with Crippen LogP contribution in [0, 0.1) is 6.92 Å². The molecule has 0 saturated carbocycles. The van der Waals surface area contributed by atoms with Crippen molar-refractivity contribution in [2.24, 2.45) is 0 Å². The Bertz CT molecular complexity index is 3800. The molecule has 544 valence electrons. The number of unbranched alkanes of at least 4 members (excludes halogenated alkanes) is 2. The van der Waals surface area contributed by atoms with Crippen LogP contribution in [0.3, 0.4) is 0 Å². The zero-order chi connectivity index (χ0) is 77.2. The number of pyridine rings is 1. The van der Waals surface area contributed by atoms with E-state index < -0.39 is 0 Å². The summed E-state index contributed by atoms with van der Waals surface area (Å²) in [5.74, 6) is 0.347. The molecule has 0 radical (unpaired) electrons. The van der Waals surface area contributed by atoms with Crippen molar-refractivity contribution in [3.05, 3.63) is 202 Å². The number of carbonyl (C=O) groups is 16. The van der Waals surface area contributed by atoms with Gasteiger partial charge >= 0.3 is 0 Å². The summed E-state index contributed by atoms with van der Waals surface area (Å²) in [6.07, 6.45) is 12.1. The number of hydrogen-bond donors (Lipinski definition) is 4. The lowest BCUT2D eigenvalue weighted by Crippen LogP contribution is -2.10. The van der Waals surface area contributed by atoms with E-state index >= 15 is 0 Å². The minimum atomic E-state index is -0.256. The maximum absolute atomic E-state index is 11.0. The fourth-order valence-corrected chi connectivity index (χ4v) is 8.68. The second-order valence-electron chi connectivity index (χ2n) is 19.1. The summed E-state index contributed by atoms with van der Waals surface area (Å²) >= 11 is 13.3. The van der Waals surface area contributed by atoms with Crippen molar-refractivity contribution < 1.29 is 121 Å². The molecule has 4 N–H and O–H groups in total. The van der Waals surface area contributed by atoms with Gasteiger partial charge in [0.2, 0.25) is 0 Å². The summed E-state index contributed by atoms with van der Waals surface area (Å²) < 4.78 is 25.4. The average molecular weight is 1500 g/mol. The molecular formula is C73H71Cl2NO25S2. The molecule has 0 fully saturated rings. The minimum absolute atomic E-state index is 0.0782. The number of ether oxygens (including phenoxy) is 5. The minimum Gasteiger partial charge on any atom is -0.507 e. The van der Waals surface area contributed by atoms with Crippen molar-refractivity contribution in [1.82, 2.24) is 4.98 Å². The predicted molar refractivity (Wildman–Crippen MR) is 384 cm³/mol. The Morgan fingerprint density at radius 1 is 0.398 bits per heavy atom. The molecule has 0 unspecified atom stereocenters. The van der Waals surface area contributed by atoms with Crippen LogP contribution in [0.5, 0.6) is 34.5 Å². The largest absolute Gasteiger partial charge is 0.507 e. The normalized spacial score (nSPS) is 9.37. The number of methoxy groups -OCH3 is 2. The van der Waals surface area contributed by atoms with Crippen molar-refractivity contribution >= 4 is 146 Å². The second-order valence-corrected chi connectivity index (χ2v) is 21.9. The molecule has 5 aromatic carbocycles. The van der Waals surface area contributed by atoms with Crippen LogP contribution in [0.4, 0.5) is 0 Å². The van der Waals surface area contributed by atoms with Gasteiger partial charge in [-0.2, -0.15) is 0 Å². The monoisotopic (exact) mass is 1500 g/mol. The van der Waals surface area contributed by atoms with Gasteiger partial charge in [0, 0.05) is 69.1 Å². The van der Waals surface area contributed by atoms with E-state index in [1.165, 1.54) is 91.5 Å². The summed E-state index contributed by atoms with van der Waals surface area (Å²) in [5, 5.41) is 40.4. The van der Waals surface area contributed by atoms with Gasteiger partial charge in [-0.15, -0.1) is 45.9 Å². The standard InChI is InChI=1S/C16H14O6.C9H8O3.C8H16Cl2O3.C8H6O3.C8H6O2.C7H5NO2.2C6H4O2S.C5H8O2/c1-21-13-5-9(7-17)3-11(15(13)19)12-4-10(8-18)6-14(22-2)16(12)20;1-6-2-7(4-10)9(12)8(3-6)5-11;9-1-3-11-5-7-13-8-6-12-4-2-10;9-4-6-1-2-8(11)7(3-6)5-10;9-5-7-3-1-2-4-8(7)6-10;9-4-6-2-1-3-7(5-10)8-6;7-3-5-1-2-9-6(5)4-8;7-3-5-1-2-6(4-8)9-5;6-4-2-1-3-5-7/h3-8,19-20H,1-2H3;2-5,12H,1H3;1-8H2;1-5,11H;1-6H;1-5H;2*1-4H;4-5H,1-3H2. The van der Waals surface area contributed by atoms with Crippen LogP contribution in [-0.2, 0) is 23.8 Å². The molecule has 26 nitrogen and oxygen atoms in total. The molecule has 30 heteroatoms. The first-order chi connectivity index (χ1) is 49.8.